The van der Waals surface area contributed by atoms with Crippen LogP contribution in [0.3, 0.4) is 0 Å². The molecule has 1 aliphatic carbocycles. The monoisotopic (exact) mass is 242 g/mol. The van der Waals surface area contributed by atoms with E-state index in [0.29, 0.717) is 19.1 Å². The van der Waals surface area contributed by atoms with Crippen molar-refractivity contribution in [2.45, 2.75) is 64.0 Å². The summed E-state index contributed by atoms with van der Waals surface area (Å²) in [5, 5.41) is 3.25. The molecule has 0 aromatic heterocycles. The fraction of sp³-hybridized carbons (Fsp3) is 0.923. The third-order valence-electron chi connectivity index (χ3n) is 3.05. The lowest BCUT2D eigenvalue weighted by Gasteiger charge is -2.14. The third kappa shape index (κ3) is 7.34. The molecule has 0 aliphatic heterocycles. The minimum Gasteiger partial charge on any atom is -0.381 e. The van der Waals surface area contributed by atoms with Gasteiger partial charge in [0.1, 0.15) is 0 Å². The highest BCUT2D eigenvalue weighted by Crippen LogP contribution is 2.19. The van der Waals surface area contributed by atoms with Crippen LogP contribution in [0.15, 0.2) is 0 Å². The first-order valence-corrected chi connectivity index (χ1v) is 6.87. The predicted octanol–water partition coefficient (Wildman–Crippen LogP) is 1.58. The van der Waals surface area contributed by atoms with E-state index in [0.717, 1.165) is 13.0 Å². The average molecular weight is 242 g/mol. The Morgan fingerprint density at radius 2 is 2.12 bits per heavy atom. The van der Waals surface area contributed by atoms with E-state index in [4.69, 9.17) is 10.5 Å². The zero-order chi connectivity index (χ0) is 12.5. The van der Waals surface area contributed by atoms with Gasteiger partial charge in [-0.3, -0.25) is 4.79 Å². The molecule has 1 aliphatic rings. The Bertz CT molecular complexity index is 217. The van der Waals surface area contributed by atoms with Gasteiger partial charge in [-0.1, -0.05) is 26.2 Å². The first kappa shape index (κ1) is 14.5. The van der Waals surface area contributed by atoms with Crippen LogP contribution >= 0.6 is 0 Å². The summed E-state index contributed by atoms with van der Waals surface area (Å²) in [5.74, 6) is -0.258. The highest BCUT2D eigenvalue weighted by molar-refractivity contribution is 5.79. The molecule has 0 saturated heterocycles. The second-order valence-electron chi connectivity index (χ2n) is 4.86. The Hall–Kier alpha value is -0.610. The van der Waals surface area contributed by atoms with Gasteiger partial charge in [0.2, 0.25) is 5.91 Å². The number of nitrogens with one attached hydrogen (secondary N) is 1. The highest BCUT2D eigenvalue weighted by atomic mass is 16.5. The third-order valence-corrected chi connectivity index (χ3v) is 3.05. The van der Waals surface area contributed by atoms with E-state index in [9.17, 15) is 4.79 Å². The Kier molecular flexibility index (Phi) is 7.21. The Morgan fingerprint density at radius 3 is 2.71 bits per heavy atom. The van der Waals surface area contributed by atoms with Gasteiger partial charge in [-0.25, -0.2) is 0 Å². The smallest absolute Gasteiger partial charge is 0.234 e. The maximum Gasteiger partial charge on any atom is 0.234 e. The van der Waals surface area contributed by atoms with Crippen molar-refractivity contribution in [3.05, 3.63) is 0 Å². The zero-order valence-electron chi connectivity index (χ0n) is 10.9. The summed E-state index contributed by atoms with van der Waals surface area (Å²) in [6.45, 7) is 3.62. The lowest BCUT2D eigenvalue weighted by molar-refractivity contribution is -0.120. The van der Waals surface area contributed by atoms with Gasteiger partial charge in [-0.15, -0.1) is 0 Å². The number of rotatable bonds is 11. The number of unbranched alkanes of at least 4 members (excludes halogenated alkanes) is 3. The van der Waals surface area contributed by atoms with Gasteiger partial charge >= 0.3 is 0 Å². The van der Waals surface area contributed by atoms with Gasteiger partial charge < -0.3 is 15.8 Å². The molecule has 0 heterocycles. The quantitative estimate of drug-likeness (QED) is 0.541. The first-order valence-electron chi connectivity index (χ1n) is 6.87. The van der Waals surface area contributed by atoms with Gasteiger partial charge in [-0.05, 0) is 25.7 Å². The topological polar surface area (TPSA) is 64.3 Å². The Balaban J connectivity index is 1.96. The van der Waals surface area contributed by atoms with Crippen LogP contribution in [0.1, 0.15) is 51.9 Å². The van der Waals surface area contributed by atoms with Crippen molar-refractivity contribution >= 4 is 5.91 Å². The molecule has 0 bridgehead atoms. The molecule has 0 spiro atoms. The van der Waals surface area contributed by atoms with Crippen molar-refractivity contribution < 1.29 is 9.53 Å². The number of ether oxygens (including phenoxy) is 1. The number of carbonyl (C=O) groups is 1. The van der Waals surface area contributed by atoms with Crippen LogP contribution in [0.2, 0.25) is 0 Å². The number of carbonyl (C=O) groups excluding carboxylic acids is 1. The molecule has 0 aromatic rings. The minimum atomic E-state index is -0.258. The summed E-state index contributed by atoms with van der Waals surface area (Å²) < 4.78 is 5.52. The Labute approximate surface area is 104 Å². The van der Waals surface area contributed by atoms with Crippen molar-refractivity contribution in [2.75, 3.05) is 13.2 Å². The number of hydrogen-bond donors (Lipinski definition) is 2. The van der Waals surface area contributed by atoms with Crippen molar-refractivity contribution in [2.24, 2.45) is 5.73 Å². The number of hydrogen-bond acceptors (Lipinski definition) is 3. The summed E-state index contributed by atoms with van der Waals surface area (Å²) >= 11 is 0. The molecule has 1 unspecified atom stereocenters. The molecule has 1 atom stereocenters. The average Bonchev–Trinajstić information content (AvgIpc) is 3.10. The summed E-state index contributed by atoms with van der Waals surface area (Å²) in [4.78, 5) is 11.2. The van der Waals surface area contributed by atoms with Crippen LogP contribution in [0.4, 0.5) is 0 Å². The van der Waals surface area contributed by atoms with Gasteiger partial charge in [0.25, 0.3) is 0 Å². The van der Waals surface area contributed by atoms with E-state index in [1.165, 1.54) is 32.1 Å². The molecule has 3 N–H and O–H groups in total. The molecule has 0 aromatic carbocycles. The molecule has 1 fully saturated rings. The molecule has 0 radical (unpaired) electrons. The fourth-order valence-corrected chi connectivity index (χ4v) is 1.78. The zero-order valence-corrected chi connectivity index (χ0v) is 10.9. The van der Waals surface area contributed by atoms with Crippen molar-refractivity contribution in [1.29, 1.82) is 0 Å². The number of nitrogens with two attached hydrogens (primary N) is 1. The van der Waals surface area contributed by atoms with E-state index in [2.05, 4.69) is 12.2 Å². The van der Waals surface area contributed by atoms with Crippen LogP contribution in [0.5, 0.6) is 0 Å². The second kappa shape index (κ2) is 8.48. The standard InChI is InChI=1S/C13H26N2O2/c1-2-3-4-5-9-17-10-8-12(13(14)16)15-11-6-7-11/h11-12,15H,2-10H2,1H3,(H2,14,16). The van der Waals surface area contributed by atoms with E-state index >= 15 is 0 Å². The molecule has 1 saturated carbocycles. The maximum atomic E-state index is 11.2. The van der Waals surface area contributed by atoms with Crippen LogP contribution in [-0.2, 0) is 9.53 Å². The van der Waals surface area contributed by atoms with E-state index in [1.807, 2.05) is 0 Å². The molecular weight excluding hydrogens is 216 g/mol. The molecule has 4 heteroatoms. The molecule has 1 amide bonds. The predicted molar refractivity (Wildman–Crippen MR) is 68.7 cm³/mol. The van der Waals surface area contributed by atoms with E-state index < -0.39 is 0 Å². The SMILES string of the molecule is CCCCCCOCCC(NC1CC1)C(N)=O. The Morgan fingerprint density at radius 1 is 1.35 bits per heavy atom. The fourth-order valence-electron chi connectivity index (χ4n) is 1.78. The number of primary amides is 1. The highest BCUT2D eigenvalue weighted by Gasteiger charge is 2.26. The second-order valence-corrected chi connectivity index (χ2v) is 4.86. The normalized spacial score (nSPS) is 17.0. The summed E-state index contributed by atoms with van der Waals surface area (Å²) in [5.41, 5.74) is 5.34. The van der Waals surface area contributed by atoms with Crippen LogP contribution in [-0.4, -0.2) is 31.2 Å². The van der Waals surface area contributed by atoms with Gasteiger partial charge in [0.05, 0.1) is 6.04 Å². The van der Waals surface area contributed by atoms with E-state index in [1.54, 1.807) is 0 Å². The number of amides is 1. The minimum absolute atomic E-state index is 0.210. The van der Waals surface area contributed by atoms with Gasteiger partial charge in [0, 0.05) is 19.3 Å². The van der Waals surface area contributed by atoms with Gasteiger partial charge in [-0.2, -0.15) is 0 Å². The molecular formula is C13H26N2O2. The summed E-state index contributed by atoms with van der Waals surface area (Å²) in [6.07, 6.45) is 7.90. The maximum absolute atomic E-state index is 11.2. The lowest BCUT2D eigenvalue weighted by Crippen LogP contribution is -2.43. The first-order chi connectivity index (χ1) is 8.24. The molecule has 1 rings (SSSR count). The van der Waals surface area contributed by atoms with Crippen molar-refractivity contribution in [3.8, 4) is 0 Å². The van der Waals surface area contributed by atoms with Crippen LogP contribution in [0.25, 0.3) is 0 Å². The largest absolute Gasteiger partial charge is 0.381 e. The molecule has 17 heavy (non-hydrogen) atoms. The van der Waals surface area contributed by atoms with Crippen LogP contribution in [0, 0.1) is 0 Å². The van der Waals surface area contributed by atoms with Crippen molar-refractivity contribution in [1.82, 2.24) is 5.32 Å². The van der Waals surface area contributed by atoms with Crippen LogP contribution < -0.4 is 11.1 Å². The lowest BCUT2D eigenvalue weighted by atomic mass is 10.2. The van der Waals surface area contributed by atoms with Gasteiger partial charge in [0.15, 0.2) is 0 Å². The van der Waals surface area contributed by atoms with Crippen molar-refractivity contribution in [3.63, 3.8) is 0 Å². The summed E-state index contributed by atoms with van der Waals surface area (Å²) in [6, 6.07) is 0.301. The van der Waals surface area contributed by atoms with E-state index in [-0.39, 0.29) is 11.9 Å². The molecule has 100 valence electrons. The summed E-state index contributed by atoms with van der Waals surface area (Å²) in [7, 11) is 0. The molecule has 4 nitrogen and oxygen atoms in total.